The summed E-state index contributed by atoms with van der Waals surface area (Å²) in [6.45, 7) is 0.949. The van der Waals surface area contributed by atoms with E-state index < -0.39 is 0 Å². The molecule has 3 aromatic carbocycles. The molecule has 46 heavy (non-hydrogen) atoms. The van der Waals surface area contributed by atoms with Crippen molar-refractivity contribution in [3.8, 4) is 11.1 Å². The maximum atomic E-state index is 6.52. The number of aryl methyl sites for hydroxylation is 1. The molecule has 1 aliphatic heterocycles. The molecule has 3 heterocycles. The second-order valence-corrected chi connectivity index (χ2v) is 13.7. The van der Waals surface area contributed by atoms with Crippen molar-refractivity contribution in [1.82, 2.24) is 4.90 Å². The van der Waals surface area contributed by atoms with Crippen molar-refractivity contribution in [3.63, 3.8) is 0 Å². The van der Waals surface area contributed by atoms with Gasteiger partial charge < -0.3 is 13.7 Å². The summed E-state index contributed by atoms with van der Waals surface area (Å²) in [7, 11) is 0. The second kappa shape index (κ2) is 10.4. The molecular weight excluding hydrogens is 562 g/mol. The van der Waals surface area contributed by atoms with Gasteiger partial charge in [-0.2, -0.15) is 0 Å². The lowest BCUT2D eigenvalue weighted by Gasteiger charge is -2.43. The predicted octanol–water partition coefficient (Wildman–Crippen LogP) is 9.44. The molecule has 3 heteroatoms. The highest BCUT2D eigenvalue weighted by atomic mass is 16.3. The van der Waals surface area contributed by atoms with Gasteiger partial charge in [0.05, 0.1) is 6.04 Å². The Morgan fingerprint density at radius 2 is 1.76 bits per heavy atom. The van der Waals surface area contributed by atoms with E-state index in [1.807, 2.05) is 0 Å². The van der Waals surface area contributed by atoms with Gasteiger partial charge in [-0.05, 0) is 104 Å². The molecular formula is C43H37NO2. The second-order valence-electron chi connectivity index (χ2n) is 13.7. The van der Waals surface area contributed by atoms with Crippen molar-refractivity contribution in [2.45, 2.75) is 64.0 Å². The van der Waals surface area contributed by atoms with Gasteiger partial charge in [-0.3, -0.25) is 0 Å². The molecule has 0 radical (unpaired) electrons. The van der Waals surface area contributed by atoms with Crippen LogP contribution >= 0.6 is 0 Å². The molecule has 0 saturated carbocycles. The Labute approximate surface area is 269 Å². The maximum Gasteiger partial charge on any atom is 0.142 e. The molecule has 10 rings (SSSR count). The van der Waals surface area contributed by atoms with E-state index in [1.165, 1.54) is 50.2 Å². The summed E-state index contributed by atoms with van der Waals surface area (Å²) in [6.07, 6.45) is 24.7. The van der Waals surface area contributed by atoms with Gasteiger partial charge >= 0.3 is 0 Å². The number of rotatable bonds is 3. The van der Waals surface area contributed by atoms with Crippen molar-refractivity contribution in [3.05, 3.63) is 130 Å². The molecule has 2 aromatic heterocycles. The van der Waals surface area contributed by atoms with Crippen LogP contribution in [0.4, 0.5) is 0 Å². The number of fused-ring (bicyclic) bond motifs is 8. The van der Waals surface area contributed by atoms with Crippen LogP contribution in [-0.4, -0.2) is 10.9 Å². The third kappa shape index (κ3) is 4.04. The van der Waals surface area contributed by atoms with E-state index in [2.05, 4.69) is 108 Å². The van der Waals surface area contributed by atoms with Gasteiger partial charge in [-0.25, -0.2) is 0 Å². The van der Waals surface area contributed by atoms with Crippen molar-refractivity contribution in [1.29, 1.82) is 0 Å². The Kier molecular flexibility index (Phi) is 5.97. The molecule has 5 aromatic rings. The van der Waals surface area contributed by atoms with E-state index in [9.17, 15) is 0 Å². The van der Waals surface area contributed by atoms with Gasteiger partial charge in [-0.15, -0.1) is 0 Å². The van der Waals surface area contributed by atoms with Crippen LogP contribution in [0.5, 0.6) is 0 Å². The van der Waals surface area contributed by atoms with Gasteiger partial charge in [0.25, 0.3) is 0 Å². The lowest BCUT2D eigenvalue weighted by Crippen LogP contribution is -2.38. The molecule has 0 bridgehead atoms. The largest absolute Gasteiger partial charge is 0.456 e. The highest BCUT2D eigenvalue weighted by Crippen LogP contribution is 2.48. The highest BCUT2D eigenvalue weighted by molar-refractivity contribution is 5.97. The molecule has 2 atom stereocenters. The van der Waals surface area contributed by atoms with Crippen LogP contribution in [0, 0.1) is 5.92 Å². The summed E-state index contributed by atoms with van der Waals surface area (Å²) < 4.78 is 12.9. The maximum absolute atomic E-state index is 6.52. The lowest BCUT2D eigenvalue weighted by molar-refractivity contribution is 0.259. The number of furan rings is 2. The topological polar surface area (TPSA) is 29.5 Å². The summed E-state index contributed by atoms with van der Waals surface area (Å²) in [5.41, 5.74) is 14.5. The van der Waals surface area contributed by atoms with Crippen LogP contribution in [0.15, 0.2) is 106 Å². The van der Waals surface area contributed by atoms with E-state index in [1.54, 1.807) is 16.8 Å². The van der Waals surface area contributed by atoms with Crippen molar-refractivity contribution in [2.75, 3.05) is 0 Å². The summed E-state index contributed by atoms with van der Waals surface area (Å²) in [5.74, 6) is 1.56. The highest BCUT2D eigenvalue weighted by Gasteiger charge is 2.35. The van der Waals surface area contributed by atoms with Crippen LogP contribution in [0.25, 0.3) is 56.4 Å². The first-order valence-electron chi connectivity index (χ1n) is 17.2. The van der Waals surface area contributed by atoms with Crippen LogP contribution in [0.3, 0.4) is 0 Å². The SMILES string of the molecule is C1=CCC(N2Cc3cc(-c4cccc5c6c(oc45)C=CCC6)ccc3C3=C2CCC(C2=c4c(oc5ccccc45)=CCC2)C3)C=C1. The Bertz CT molecular complexity index is 2320. The zero-order valence-corrected chi connectivity index (χ0v) is 26.1. The number of allylic oxidation sites excluding steroid dienone is 5. The Morgan fingerprint density at radius 3 is 2.72 bits per heavy atom. The zero-order valence-electron chi connectivity index (χ0n) is 26.1. The fourth-order valence-corrected chi connectivity index (χ4v) is 9.05. The molecule has 3 nitrogen and oxygen atoms in total. The van der Waals surface area contributed by atoms with Crippen LogP contribution in [0.1, 0.15) is 67.4 Å². The summed E-state index contributed by atoms with van der Waals surface area (Å²) in [6, 6.07) is 22.9. The van der Waals surface area contributed by atoms with Gasteiger partial charge in [0.15, 0.2) is 0 Å². The predicted molar refractivity (Wildman–Crippen MR) is 188 cm³/mol. The van der Waals surface area contributed by atoms with Gasteiger partial charge in [0.2, 0.25) is 0 Å². The van der Waals surface area contributed by atoms with E-state index >= 15 is 0 Å². The Hall–Kier alpha value is -4.76. The molecule has 0 N–H and O–H groups in total. The number of hydrogen-bond donors (Lipinski definition) is 0. The smallest absolute Gasteiger partial charge is 0.142 e. The lowest BCUT2D eigenvalue weighted by atomic mass is 9.74. The number of benzene rings is 3. The van der Waals surface area contributed by atoms with Crippen molar-refractivity contribution in [2.24, 2.45) is 5.92 Å². The molecule has 0 saturated heterocycles. The van der Waals surface area contributed by atoms with Gasteiger partial charge in [0.1, 0.15) is 22.3 Å². The molecule has 5 aliphatic rings. The summed E-state index contributed by atoms with van der Waals surface area (Å²) in [4.78, 5) is 2.73. The monoisotopic (exact) mass is 599 g/mol. The molecule has 226 valence electrons. The number of nitrogens with zero attached hydrogens (tertiary/aromatic N) is 1. The average molecular weight is 600 g/mol. The molecule has 0 fully saturated rings. The first-order chi connectivity index (χ1) is 22.8. The van der Waals surface area contributed by atoms with Crippen LogP contribution < -0.4 is 10.6 Å². The summed E-state index contributed by atoms with van der Waals surface area (Å²) >= 11 is 0. The first kappa shape index (κ1) is 26.5. The molecule has 0 amide bonds. The molecule has 2 unspecified atom stereocenters. The third-order valence-corrected chi connectivity index (χ3v) is 11.2. The minimum Gasteiger partial charge on any atom is -0.456 e. The van der Waals surface area contributed by atoms with E-state index in [0.717, 1.165) is 73.8 Å². The van der Waals surface area contributed by atoms with E-state index in [0.29, 0.717) is 12.0 Å². The molecule has 0 spiro atoms. The third-order valence-electron chi connectivity index (χ3n) is 11.2. The zero-order chi connectivity index (χ0) is 30.2. The standard InChI is InChI=1S/C43H37NO2/c1-2-10-30(11-3-1)44-26-29-24-27(33-15-8-16-35-34-12-4-6-17-39(34)46-43(33)35)20-22-31(29)37-25-28(21-23-38(37)44)32-14-9-19-41-42(32)36-13-5-7-18-40(36)45-41/h1-3,5-8,10,13,15-20,22,24,28,30H,4,9,11-12,14,21,23,25-26H2. The van der Waals surface area contributed by atoms with Gasteiger partial charge in [-0.1, -0.05) is 84.5 Å². The fourth-order valence-electron chi connectivity index (χ4n) is 9.05. The normalized spacial score (nSPS) is 21.7. The minimum atomic E-state index is 0.400. The van der Waals surface area contributed by atoms with E-state index in [-0.39, 0.29) is 0 Å². The van der Waals surface area contributed by atoms with E-state index in [4.69, 9.17) is 8.83 Å². The average Bonchev–Trinajstić information content (AvgIpc) is 3.70. The Balaban J connectivity index is 1.10. The Morgan fingerprint density at radius 1 is 0.804 bits per heavy atom. The molecule has 4 aliphatic carbocycles. The summed E-state index contributed by atoms with van der Waals surface area (Å²) in [5, 5.41) is 3.92. The number of para-hydroxylation sites is 2. The van der Waals surface area contributed by atoms with Crippen LogP contribution in [0.2, 0.25) is 0 Å². The van der Waals surface area contributed by atoms with Crippen molar-refractivity contribution >= 4 is 45.2 Å². The minimum absolute atomic E-state index is 0.400. The fraction of sp³-hybridized carbons (Fsp3) is 0.256. The van der Waals surface area contributed by atoms with Crippen LogP contribution in [-0.2, 0) is 13.0 Å². The van der Waals surface area contributed by atoms with Gasteiger partial charge in [0, 0.05) is 39.4 Å². The number of hydrogen-bond acceptors (Lipinski definition) is 3. The first-order valence-corrected chi connectivity index (χ1v) is 17.2. The van der Waals surface area contributed by atoms with Crippen molar-refractivity contribution < 1.29 is 8.83 Å². The quantitative estimate of drug-likeness (QED) is 0.207.